The first-order valence-electron chi connectivity index (χ1n) is 5.67. The summed E-state index contributed by atoms with van der Waals surface area (Å²) in [6, 6.07) is -0.246. The third-order valence-electron chi connectivity index (χ3n) is 3.69. The van der Waals surface area contributed by atoms with E-state index in [2.05, 4.69) is 0 Å². The van der Waals surface area contributed by atoms with Gasteiger partial charge >= 0.3 is 0 Å². The van der Waals surface area contributed by atoms with E-state index in [-0.39, 0.29) is 40.3 Å². The topological polar surface area (TPSA) is 71.5 Å². The molecule has 5 nitrogen and oxygen atoms in total. The van der Waals surface area contributed by atoms with E-state index in [1.807, 2.05) is 4.90 Å². The van der Waals surface area contributed by atoms with Crippen LogP contribution in [0.25, 0.3) is 0 Å². The van der Waals surface area contributed by atoms with Gasteiger partial charge in [-0.3, -0.25) is 0 Å². The normalized spacial score (nSPS) is 41.2. The highest BCUT2D eigenvalue weighted by Crippen LogP contribution is 2.40. The molecule has 0 amide bonds. The molecule has 3 atom stereocenters. The molecule has 3 heterocycles. The lowest BCUT2D eigenvalue weighted by molar-refractivity contribution is 0.292. The maximum Gasteiger partial charge on any atom is 0.153 e. The molecule has 18 heavy (non-hydrogen) atoms. The first kappa shape index (κ1) is 13.1. The van der Waals surface area contributed by atoms with Crippen molar-refractivity contribution in [1.82, 2.24) is 4.90 Å². The highest BCUT2D eigenvalue weighted by molar-refractivity contribution is 8.24. The van der Waals surface area contributed by atoms with Gasteiger partial charge < -0.3 is 4.90 Å². The van der Waals surface area contributed by atoms with Crippen LogP contribution in [-0.4, -0.2) is 66.4 Å². The Hall–Kier alpha value is 0.140. The molecular weight excluding hydrogens is 314 g/mol. The minimum atomic E-state index is -2.99. The smallest absolute Gasteiger partial charge is 0.153 e. The Kier molecular flexibility index (Phi) is 2.97. The van der Waals surface area contributed by atoms with Crippen molar-refractivity contribution in [1.29, 1.82) is 0 Å². The Morgan fingerprint density at radius 2 is 1.83 bits per heavy atom. The van der Waals surface area contributed by atoms with E-state index in [0.29, 0.717) is 10.7 Å². The first-order chi connectivity index (χ1) is 8.27. The molecule has 0 N–H and O–H groups in total. The van der Waals surface area contributed by atoms with Crippen LogP contribution in [0.3, 0.4) is 0 Å². The van der Waals surface area contributed by atoms with Crippen molar-refractivity contribution < 1.29 is 16.8 Å². The molecule has 3 rings (SSSR count). The number of hydrogen-bond acceptors (Lipinski definition) is 6. The van der Waals surface area contributed by atoms with E-state index in [0.717, 1.165) is 0 Å². The Morgan fingerprint density at radius 3 is 2.44 bits per heavy atom. The monoisotopic (exact) mass is 327 g/mol. The van der Waals surface area contributed by atoms with Crippen LogP contribution in [0.1, 0.15) is 6.42 Å². The Bertz CT molecular complexity index is 596. The van der Waals surface area contributed by atoms with E-state index in [9.17, 15) is 16.8 Å². The minimum absolute atomic E-state index is 0.00851. The molecule has 102 valence electrons. The van der Waals surface area contributed by atoms with Gasteiger partial charge in [0.1, 0.15) is 4.32 Å². The van der Waals surface area contributed by atoms with Gasteiger partial charge in [-0.2, -0.15) is 0 Å². The predicted octanol–water partition coefficient (Wildman–Crippen LogP) is -0.327. The average Bonchev–Trinajstić information content (AvgIpc) is 2.75. The predicted molar refractivity (Wildman–Crippen MR) is 75.3 cm³/mol. The van der Waals surface area contributed by atoms with Crippen molar-refractivity contribution >= 4 is 48.0 Å². The number of fused-ring (bicyclic) bond motifs is 1. The molecule has 3 saturated heterocycles. The van der Waals surface area contributed by atoms with Crippen LogP contribution in [0, 0.1) is 0 Å². The standard InChI is InChI=1S/C9H13NO4S4/c11-17(12)2-1-6(3-17)10-7-4-18(13,14)5-8(7)16-9(10)15/h6-8H,1-5H2/t6-,7-,8+/m1/s1. The second-order valence-electron chi connectivity index (χ2n) is 5.03. The van der Waals surface area contributed by atoms with Crippen LogP contribution in [-0.2, 0) is 19.7 Å². The van der Waals surface area contributed by atoms with E-state index < -0.39 is 19.7 Å². The molecule has 0 spiro atoms. The molecule has 3 fully saturated rings. The summed E-state index contributed by atoms with van der Waals surface area (Å²) in [5, 5.41) is -0.00851. The van der Waals surface area contributed by atoms with Crippen molar-refractivity contribution in [2.24, 2.45) is 0 Å². The van der Waals surface area contributed by atoms with Gasteiger partial charge in [-0.05, 0) is 6.42 Å². The number of hydrogen-bond donors (Lipinski definition) is 0. The van der Waals surface area contributed by atoms with Gasteiger partial charge in [-0.1, -0.05) is 24.0 Å². The number of nitrogens with zero attached hydrogens (tertiary/aromatic N) is 1. The Morgan fingerprint density at radius 1 is 1.11 bits per heavy atom. The van der Waals surface area contributed by atoms with E-state index in [4.69, 9.17) is 12.2 Å². The molecule has 0 aliphatic carbocycles. The summed E-state index contributed by atoms with van der Waals surface area (Å²) in [7, 11) is -5.97. The fourth-order valence-electron chi connectivity index (χ4n) is 2.91. The lowest BCUT2D eigenvalue weighted by Crippen LogP contribution is -2.44. The lowest BCUT2D eigenvalue weighted by atomic mass is 10.1. The van der Waals surface area contributed by atoms with E-state index in [1.165, 1.54) is 11.8 Å². The number of rotatable bonds is 1. The zero-order valence-corrected chi connectivity index (χ0v) is 12.7. The fourth-order valence-corrected chi connectivity index (χ4v) is 9.11. The second-order valence-corrected chi connectivity index (χ2v) is 11.3. The molecule has 0 bridgehead atoms. The Labute approximate surface area is 116 Å². The second kappa shape index (κ2) is 4.07. The van der Waals surface area contributed by atoms with Crippen LogP contribution in [0.4, 0.5) is 0 Å². The van der Waals surface area contributed by atoms with Gasteiger partial charge in [-0.15, -0.1) is 0 Å². The highest BCUT2D eigenvalue weighted by Gasteiger charge is 2.51. The summed E-state index contributed by atoms with van der Waals surface area (Å²) in [5.74, 6) is 0.572. The number of sulfone groups is 2. The van der Waals surface area contributed by atoms with Crippen molar-refractivity contribution in [3.8, 4) is 0 Å². The maximum absolute atomic E-state index is 11.6. The van der Waals surface area contributed by atoms with Crippen molar-refractivity contribution in [3.05, 3.63) is 0 Å². The van der Waals surface area contributed by atoms with Crippen LogP contribution in [0.5, 0.6) is 0 Å². The van der Waals surface area contributed by atoms with Gasteiger partial charge in [0.2, 0.25) is 0 Å². The summed E-state index contributed by atoms with van der Waals surface area (Å²) >= 11 is 6.70. The summed E-state index contributed by atoms with van der Waals surface area (Å²) in [5.41, 5.74) is 0. The molecule has 9 heteroatoms. The van der Waals surface area contributed by atoms with Crippen molar-refractivity contribution in [2.45, 2.75) is 23.8 Å². The SMILES string of the molecule is O=S1(=O)CC[C@@H](N2C(=S)S[C@H]3CS(=O)(=O)C[C@H]32)C1. The van der Waals surface area contributed by atoms with Crippen molar-refractivity contribution in [3.63, 3.8) is 0 Å². The molecule has 3 aliphatic rings. The summed E-state index contributed by atoms with van der Waals surface area (Å²) in [6.07, 6.45) is 0.562. The zero-order chi connectivity index (χ0) is 13.1. The quantitative estimate of drug-likeness (QED) is 0.611. The van der Waals surface area contributed by atoms with Gasteiger partial charge in [0.15, 0.2) is 19.7 Å². The molecule has 0 aromatic heterocycles. The van der Waals surface area contributed by atoms with Gasteiger partial charge in [0.05, 0.1) is 29.1 Å². The summed E-state index contributed by atoms with van der Waals surface area (Å²) < 4.78 is 47.0. The zero-order valence-electron chi connectivity index (χ0n) is 9.48. The van der Waals surface area contributed by atoms with Crippen LogP contribution in [0.2, 0.25) is 0 Å². The van der Waals surface area contributed by atoms with Crippen LogP contribution < -0.4 is 0 Å². The van der Waals surface area contributed by atoms with Gasteiger partial charge in [0.25, 0.3) is 0 Å². The maximum atomic E-state index is 11.6. The number of thioether (sulfide) groups is 1. The first-order valence-corrected chi connectivity index (χ1v) is 10.6. The minimum Gasteiger partial charge on any atom is -0.348 e. The Balaban J connectivity index is 1.86. The molecule has 0 aromatic carbocycles. The molecule has 0 aromatic rings. The highest BCUT2D eigenvalue weighted by atomic mass is 32.2. The van der Waals surface area contributed by atoms with Gasteiger partial charge in [-0.25, -0.2) is 16.8 Å². The third kappa shape index (κ3) is 2.19. The van der Waals surface area contributed by atoms with Crippen LogP contribution in [0.15, 0.2) is 0 Å². The van der Waals surface area contributed by atoms with Crippen LogP contribution >= 0.6 is 24.0 Å². The van der Waals surface area contributed by atoms with E-state index >= 15 is 0 Å². The summed E-state index contributed by atoms with van der Waals surface area (Å²) in [4.78, 5) is 1.89. The molecular formula is C9H13NO4S4. The largest absolute Gasteiger partial charge is 0.348 e. The summed E-state index contributed by atoms with van der Waals surface area (Å²) in [6.45, 7) is 0. The van der Waals surface area contributed by atoms with E-state index in [1.54, 1.807) is 0 Å². The average molecular weight is 327 g/mol. The van der Waals surface area contributed by atoms with Gasteiger partial charge in [0, 0.05) is 11.3 Å². The lowest BCUT2D eigenvalue weighted by Gasteiger charge is -2.29. The molecule has 0 unspecified atom stereocenters. The molecule has 0 radical (unpaired) electrons. The fraction of sp³-hybridized carbons (Fsp3) is 0.889. The molecule has 3 aliphatic heterocycles. The number of thiocarbonyl (C=S) groups is 1. The third-order valence-corrected chi connectivity index (χ3v) is 9.07. The van der Waals surface area contributed by atoms with Crippen molar-refractivity contribution in [2.75, 3.05) is 23.0 Å². The molecule has 0 saturated carbocycles.